The lowest BCUT2D eigenvalue weighted by Gasteiger charge is -2.25. The number of hydrogen-bond acceptors (Lipinski definition) is 5. The van der Waals surface area contributed by atoms with E-state index >= 15 is 0 Å². The molecule has 128 valence electrons. The minimum Gasteiger partial charge on any atom is -0.458 e. The molecule has 2 N–H and O–H groups in total. The molecule has 0 aromatic carbocycles. The molecule has 4 rings (SSSR count). The Bertz CT molecular complexity index is 844. The van der Waals surface area contributed by atoms with Gasteiger partial charge in [-0.15, -0.1) is 0 Å². The van der Waals surface area contributed by atoms with Crippen LogP contribution in [0.3, 0.4) is 0 Å². The zero-order chi connectivity index (χ0) is 17.2. The molecule has 4 heterocycles. The predicted molar refractivity (Wildman–Crippen MR) is 91.3 cm³/mol. The third-order valence-corrected chi connectivity index (χ3v) is 4.58. The van der Waals surface area contributed by atoms with E-state index in [1.807, 2.05) is 43.6 Å². The quantitative estimate of drug-likeness (QED) is 0.745. The summed E-state index contributed by atoms with van der Waals surface area (Å²) >= 11 is 0. The maximum atomic E-state index is 12.2. The number of hydrogen-bond donors (Lipinski definition) is 2. The van der Waals surface area contributed by atoms with Crippen molar-refractivity contribution in [1.82, 2.24) is 25.4 Å². The van der Waals surface area contributed by atoms with E-state index in [1.54, 1.807) is 17.3 Å². The van der Waals surface area contributed by atoms with Crippen LogP contribution >= 0.6 is 0 Å². The van der Waals surface area contributed by atoms with Crippen LogP contribution in [-0.2, 0) is 11.3 Å². The molecule has 7 nitrogen and oxygen atoms in total. The molecule has 3 aromatic rings. The molecular weight excluding hydrogens is 318 g/mol. The van der Waals surface area contributed by atoms with Crippen molar-refractivity contribution in [2.24, 2.45) is 0 Å². The van der Waals surface area contributed by atoms with Crippen LogP contribution in [0.5, 0.6) is 0 Å². The summed E-state index contributed by atoms with van der Waals surface area (Å²) in [4.78, 5) is 18.1. The molecule has 1 aliphatic heterocycles. The van der Waals surface area contributed by atoms with Crippen molar-refractivity contribution in [3.8, 4) is 11.5 Å². The lowest BCUT2D eigenvalue weighted by molar-refractivity contribution is -0.127. The molecule has 1 amide bonds. The molecule has 1 aliphatic rings. The monoisotopic (exact) mass is 337 g/mol. The van der Waals surface area contributed by atoms with Gasteiger partial charge in [0.15, 0.2) is 5.76 Å². The molecule has 0 aliphatic carbocycles. The van der Waals surface area contributed by atoms with Crippen molar-refractivity contribution in [2.75, 3.05) is 7.05 Å². The van der Waals surface area contributed by atoms with Gasteiger partial charge < -0.3 is 14.6 Å². The Morgan fingerprint density at radius 3 is 3.00 bits per heavy atom. The summed E-state index contributed by atoms with van der Waals surface area (Å²) < 4.78 is 5.84. The number of likely N-dealkylation sites (N-methyl/N-ethyl adjacent to an activating group) is 1. The number of rotatable bonds is 5. The normalized spacial score (nSPS) is 20.4. The first kappa shape index (κ1) is 15.6. The van der Waals surface area contributed by atoms with E-state index in [2.05, 4.69) is 20.5 Å². The smallest absolute Gasteiger partial charge is 0.224 e. The van der Waals surface area contributed by atoms with Gasteiger partial charge in [0.2, 0.25) is 5.91 Å². The Kier molecular flexibility index (Phi) is 4.07. The van der Waals surface area contributed by atoms with E-state index in [0.29, 0.717) is 13.0 Å². The molecule has 0 bridgehead atoms. The maximum Gasteiger partial charge on any atom is 0.224 e. The molecule has 25 heavy (non-hydrogen) atoms. The van der Waals surface area contributed by atoms with Crippen molar-refractivity contribution < 1.29 is 9.21 Å². The number of furan rings is 1. The fraction of sp³-hybridized carbons (Fsp3) is 0.278. The summed E-state index contributed by atoms with van der Waals surface area (Å²) in [6, 6.07) is 9.60. The van der Waals surface area contributed by atoms with Gasteiger partial charge >= 0.3 is 0 Å². The zero-order valence-corrected chi connectivity index (χ0v) is 13.8. The maximum absolute atomic E-state index is 12.2. The van der Waals surface area contributed by atoms with Crippen molar-refractivity contribution in [1.29, 1.82) is 0 Å². The van der Waals surface area contributed by atoms with Crippen LogP contribution in [0.2, 0.25) is 0 Å². The van der Waals surface area contributed by atoms with E-state index in [0.717, 1.165) is 22.8 Å². The summed E-state index contributed by atoms with van der Waals surface area (Å²) in [6.07, 6.45) is 5.71. The highest BCUT2D eigenvalue weighted by Gasteiger charge is 2.38. The molecule has 0 saturated carbocycles. The van der Waals surface area contributed by atoms with E-state index in [9.17, 15) is 4.79 Å². The number of aromatic amines is 1. The molecule has 1 saturated heterocycles. The molecule has 0 unspecified atom stereocenters. The van der Waals surface area contributed by atoms with E-state index in [1.165, 1.54) is 0 Å². The molecule has 2 atom stereocenters. The average molecular weight is 337 g/mol. The number of pyridine rings is 1. The minimum atomic E-state index is -0.0248. The zero-order valence-electron chi connectivity index (χ0n) is 13.8. The minimum absolute atomic E-state index is 0.0161. The van der Waals surface area contributed by atoms with Crippen molar-refractivity contribution in [3.63, 3.8) is 0 Å². The standard InChI is InChI=1S/C18H19N5O2/c1-23-17(24)9-15(18(23)12-3-2-7-19-10-12)20-11-13-4-5-16(25-13)14-6-8-21-22-14/h2-8,10,15,18,20H,9,11H2,1H3,(H,21,22)/t15-,18+/m1/s1. The number of aromatic nitrogens is 3. The van der Waals surface area contributed by atoms with Crippen molar-refractivity contribution in [2.45, 2.75) is 25.0 Å². The van der Waals surface area contributed by atoms with Gasteiger partial charge in [-0.3, -0.25) is 14.9 Å². The summed E-state index contributed by atoms with van der Waals surface area (Å²) in [7, 11) is 1.84. The number of likely N-dealkylation sites (tertiary alicyclic amines) is 1. The Morgan fingerprint density at radius 2 is 2.24 bits per heavy atom. The molecule has 1 fully saturated rings. The first-order chi connectivity index (χ1) is 12.2. The van der Waals surface area contributed by atoms with Gasteiger partial charge in [-0.1, -0.05) is 6.07 Å². The van der Waals surface area contributed by atoms with Crippen LogP contribution in [-0.4, -0.2) is 39.1 Å². The molecule has 7 heteroatoms. The topological polar surface area (TPSA) is 87.0 Å². The molecular formula is C18H19N5O2. The molecule has 3 aromatic heterocycles. The number of carbonyl (C=O) groups is 1. The second-order valence-electron chi connectivity index (χ2n) is 6.16. The second kappa shape index (κ2) is 6.52. The number of H-pyrrole nitrogens is 1. The Balaban J connectivity index is 1.47. The SMILES string of the molecule is CN1C(=O)C[C@@H](NCc2ccc(-c3ccn[nH]3)o2)[C@@H]1c1cccnc1. The molecule has 0 spiro atoms. The first-order valence-electron chi connectivity index (χ1n) is 8.20. The Morgan fingerprint density at radius 1 is 1.32 bits per heavy atom. The van der Waals surface area contributed by atoms with E-state index in [-0.39, 0.29) is 18.0 Å². The highest BCUT2D eigenvalue weighted by Crippen LogP contribution is 2.31. The van der Waals surface area contributed by atoms with Crippen molar-refractivity contribution >= 4 is 5.91 Å². The van der Waals surface area contributed by atoms with Crippen LogP contribution in [0.25, 0.3) is 11.5 Å². The van der Waals surface area contributed by atoms with Gasteiger partial charge in [0.25, 0.3) is 0 Å². The van der Waals surface area contributed by atoms with Gasteiger partial charge in [0.1, 0.15) is 11.5 Å². The van der Waals surface area contributed by atoms with E-state index in [4.69, 9.17) is 4.42 Å². The number of amides is 1. The van der Waals surface area contributed by atoms with Crippen molar-refractivity contribution in [3.05, 3.63) is 60.2 Å². The van der Waals surface area contributed by atoms with Crippen LogP contribution in [0.1, 0.15) is 23.8 Å². The fourth-order valence-electron chi connectivity index (χ4n) is 3.30. The molecule has 0 radical (unpaired) electrons. The first-order valence-corrected chi connectivity index (χ1v) is 8.20. The fourth-order valence-corrected chi connectivity index (χ4v) is 3.30. The van der Waals surface area contributed by atoms with Crippen LogP contribution in [0, 0.1) is 0 Å². The third-order valence-electron chi connectivity index (χ3n) is 4.58. The van der Waals surface area contributed by atoms with Crippen LogP contribution < -0.4 is 5.32 Å². The van der Waals surface area contributed by atoms with Crippen LogP contribution in [0.4, 0.5) is 0 Å². The highest BCUT2D eigenvalue weighted by atomic mass is 16.3. The third kappa shape index (κ3) is 3.06. The number of nitrogens with zero attached hydrogens (tertiary/aromatic N) is 3. The summed E-state index contributed by atoms with van der Waals surface area (Å²) in [5.41, 5.74) is 1.88. The summed E-state index contributed by atoms with van der Waals surface area (Å²) in [5, 5.41) is 10.3. The van der Waals surface area contributed by atoms with Crippen LogP contribution in [0.15, 0.2) is 53.3 Å². The van der Waals surface area contributed by atoms with E-state index < -0.39 is 0 Å². The largest absolute Gasteiger partial charge is 0.458 e. The average Bonchev–Trinajstić information content (AvgIpc) is 3.35. The summed E-state index contributed by atoms with van der Waals surface area (Å²) in [5.74, 6) is 1.69. The van der Waals surface area contributed by atoms with Gasteiger partial charge in [-0.25, -0.2) is 0 Å². The van der Waals surface area contributed by atoms with Gasteiger partial charge in [-0.2, -0.15) is 5.10 Å². The number of nitrogens with one attached hydrogen (secondary N) is 2. The van der Waals surface area contributed by atoms with Gasteiger partial charge in [0, 0.05) is 38.1 Å². The Labute approximate surface area is 145 Å². The van der Waals surface area contributed by atoms with Gasteiger partial charge in [0.05, 0.1) is 12.6 Å². The lowest BCUT2D eigenvalue weighted by atomic mass is 10.0. The lowest BCUT2D eigenvalue weighted by Crippen LogP contribution is -2.34. The Hall–Kier alpha value is -2.93. The highest BCUT2D eigenvalue weighted by molar-refractivity contribution is 5.80. The number of carbonyl (C=O) groups excluding carboxylic acids is 1. The van der Waals surface area contributed by atoms with Gasteiger partial charge in [-0.05, 0) is 29.8 Å². The predicted octanol–water partition coefficient (Wildman–Crippen LogP) is 2.13. The second-order valence-corrected chi connectivity index (χ2v) is 6.16. The summed E-state index contributed by atoms with van der Waals surface area (Å²) in [6.45, 7) is 0.552.